The molecule has 15 rings (SSSR count). The number of nitrogens with zero attached hydrogens (tertiary/aromatic N) is 2. The summed E-state index contributed by atoms with van der Waals surface area (Å²) in [6, 6.07) is 101. The summed E-state index contributed by atoms with van der Waals surface area (Å²) in [6.07, 6.45) is 0. The van der Waals surface area contributed by atoms with Crippen LogP contribution in [-0.2, 0) is 0 Å². The molecule has 0 aliphatic rings. The topological polar surface area (TPSA) is 21.3 Å². The van der Waals surface area contributed by atoms with Gasteiger partial charge < -0.3 is 13.9 Å². The van der Waals surface area contributed by atoms with Crippen LogP contribution < -0.4 is 4.90 Å². The molecule has 0 aliphatic carbocycles. The van der Waals surface area contributed by atoms with Gasteiger partial charge in [0.2, 0.25) is 0 Å². The first-order valence-electron chi connectivity index (χ1n) is 25.7. The van der Waals surface area contributed by atoms with E-state index in [1.165, 1.54) is 65.4 Å². The van der Waals surface area contributed by atoms with Crippen molar-refractivity contribution in [3.63, 3.8) is 0 Å². The molecule has 350 valence electrons. The minimum absolute atomic E-state index is 0.883. The number of rotatable bonds is 8. The highest BCUT2D eigenvalue weighted by Gasteiger charge is 2.18. The average molecular weight is 955 g/mol. The van der Waals surface area contributed by atoms with Gasteiger partial charge in [0.25, 0.3) is 0 Å². The van der Waals surface area contributed by atoms with Crippen LogP contribution in [0.3, 0.4) is 0 Å². The predicted molar refractivity (Wildman–Crippen MR) is 317 cm³/mol. The lowest BCUT2D eigenvalue weighted by atomic mass is 9.96. The molecular formula is C72H46N2O. The van der Waals surface area contributed by atoms with Gasteiger partial charge in [-0.3, -0.25) is 0 Å². The summed E-state index contributed by atoms with van der Waals surface area (Å²) in [7, 11) is 0. The van der Waals surface area contributed by atoms with Crippen LogP contribution in [0.25, 0.3) is 126 Å². The molecule has 75 heavy (non-hydrogen) atoms. The van der Waals surface area contributed by atoms with Crippen LogP contribution in [0.15, 0.2) is 283 Å². The molecule has 2 heterocycles. The molecule has 0 bridgehead atoms. The van der Waals surface area contributed by atoms with Gasteiger partial charge in [-0.2, -0.15) is 0 Å². The Morgan fingerprint density at radius 2 is 0.707 bits per heavy atom. The molecule has 0 atom stereocenters. The van der Waals surface area contributed by atoms with Crippen molar-refractivity contribution in [2.45, 2.75) is 0 Å². The number of hydrogen-bond donors (Lipinski definition) is 0. The van der Waals surface area contributed by atoms with E-state index in [1.54, 1.807) is 0 Å². The van der Waals surface area contributed by atoms with Gasteiger partial charge in [0.15, 0.2) is 0 Å². The molecule has 3 heteroatoms. The van der Waals surface area contributed by atoms with Crippen LogP contribution in [0.2, 0.25) is 0 Å². The Balaban J connectivity index is 0.785. The van der Waals surface area contributed by atoms with Gasteiger partial charge in [-0.05, 0) is 156 Å². The first-order valence-corrected chi connectivity index (χ1v) is 25.7. The smallest absolute Gasteiger partial charge is 0.143 e. The standard InChI is InChI=1S/C72H46N2O/c1-3-17-62-51(11-1)27-28-57-43-55(34-40-63(57)62)49-25-23-47(24-26-49)48-29-36-58(37-30-48)73(60-15-10-14-54(45-60)56-35-41-67-68-42-33-52-12-2-4-18-64(52)72(68)75-71(67)46-56)59-38-31-50(32-39-59)53-13-9-16-61(44-53)74-69-21-7-5-19-65(69)66-20-6-8-22-70(66)74/h1-46H. The molecule has 0 spiro atoms. The van der Waals surface area contributed by atoms with E-state index in [1.807, 2.05) is 0 Å². The van der Waals surface area contributed by atoms with Gasteiger partial charge in [-0.15, -0.1) is 0 Å². The van der Waals surface area contributed by atoms with Crippen molar-refractivity contribution in [2.24, 2.45) is 0 Å². The van der Waals surface area contributed by atoms with Gasteiger partial charge in [0.05, 0.1) is 11.0 Å². The lowest BCUT2D eigenvalue weighted by molar-refractivity contribution is 0.673. The first kappa shape index (κ1) is 42.7. The lowest BCUT2D eigenvalue weighted by Gasteiger charge is -2.26. The summed E-state index contributed by atoms with van der Waals surface area (Å²) >= 11 is 0. The van der Waals surface area contributed by atoms with Crippen LogP contribution in [0.1, 0.15) is 0 Å². The summed E-state index contributed by atoms with van der Waals surface area (Å²) in [5.74, 6) is 0. The Morgan fingerprint density at radius 3 is 1.39 bits per heavy atom. The number of aromatic nitrogens is 1. The Hall–Kier alpha value is -9.96. The van der Waals surface area contributed by atoms with E-state index in [0.29, 0.717) is 0 Å². The first-order chi connectivity index (χ1) is 37.1. The fourth-order valence-electron chi connectivity index (χ4n) is 11.6. The van der Waals surface area contributed by atoms with E-state index in [0.717, 1.165) is 77.9 Å². The number of para-hydroxylation sites is 2. The molecule has 0 saturated carbocycles. The lowest BCUT2D eigenvalue weighted by Crippen LogP contribution is -2.10. The summed E-state index contributed by atoms with van der Waals surface area (Å²) < 4.78 is 9.04. The second-order valence-corrected chi connectivity index (χ2v) is 19.7. The normalized spacial score (nSPS) is 11.7. The highest BCUT2D eigenvalue weighted by molar-refractivity contribution is 6.15. The minimum Gasteiger partial charge on any atom is -0.455 e. The molecule has 13 aromatic carbocycles. The largest absolute Gasteiger partial charge is 0.455 e. The summed E-state index contributed by atoms with van der Waals surface area (Å²) in [6.45, 7) is 0. The summed E-state index contributed by atoms with van der Waals surface area (Å²) in [5.41, 5.74) is 17.8. The molecule has 0 unspecified atom stereocenters. The van der Waals surface area contributed by atoms with Crippen LogP contribution >= 0.6 is 0 Å². The van der Waals surface area contributed by atoms with Gasteiger partial charge in [-0.1, -0.05) is 194 Å². The third-order valence-corrected chi connectivity index (χ3v) is 15.4. The van der Waals surface area contributed by atoms with E-state index in [4.69, 9.17) is 4.42 Å². The van der Waals surface area contributed by atoms with Gasteiger partial charge in [-0.25, -0.2) is 0 Å². The molecule has 0 aliphatic heterocycles. The molecule has 2 aromatic heterocycles. The fraction of sp³-hybridized carbons (Fsp3) is 0. The number of furan rings is 1. The van der Waals surface area contributed by atoms with Crippen molar-refractivity contribution in [2.75, 3.05) is 4.90 Å². The molecule has 0 amide bonds. The highest BCUT2D eigenvalue weighted by Crippen LogP contribution is 2.42. The predicted octanol–water partition coefficient (Wildman–Crippen LogP) is 20.3. The quantitative estimate of drug-likeness (QED) is 0.142. The van der Waals surface area contributed by atoms with Crippen molar-refractivity contribution < 1.29 is 4.42 Å². The zero-order valence-corrected chi connectivity index (χ0v) is 40.9. The zero-order valence-electron chi connectivity index (χ0n) is 40.9. The Bertz CT molecular complexity index is 4640. The minimum atomic E-state index is 0.883. The Morgan fingerprint density at radius 1 is 0.253 bits per heavy atom. The van der Waals surface area contributed by atoms with E-state index >= 15 is 0 Å². The van der Waals surface area contributed by atoms with Gasteiger partial charge in [0.1, 0.15) is 11.2 Å². The molecule has 0 radical (unpaired) electrons. The maximum absolute atomic E-state index is 6.65. The van der Waals surface area contributed by atoms with Crippen molar-refractivity contribution in [3.05, 3.63) is 279 Å². The number of benzene rings is 13. The molecule has 15 aromatic rings. The highest BCUT2D eigenvalue weighted by atomic mass is 16.3. The maximum atomic E-state index is 6.65. The third-order valence-electron chi connectivity index (χ3n) is 15.4. The Labute approximate surface area is 434 Å². The third kappa shape index (κ3) is 7.28. The number of hydrogen-bond acceptors (Lipinski definition) is 2. The molecule has 3 nitrogen and oxygen atoms in total. The summed E-state index contributed by atoms with van der Waals surface area (Å²) in [4.78, 5) is 2.36. The fourth-order valence-corrected chi connectivity index (χ4v) is 11.6. The Kier molecular flexibility index (Phi) is 9.89. The second kappa shape index (κ2) is 17.4. The average Bonchev–Trinajstić information content (AvgIpc) is 4.06. The molecule has 0 N–H and O–H groups in total. The monoisotopic (exact) mass is 954 g/mol. The van der Waals surface area contributed by atoms with Crippen molar-refractivity contribution in [1.29, 1.82) is 0 Å². The van der Waals surface area contributed by atoms with Gasteiger partial charge >= 0.3 is 0 Å². The van der Waals surface area contributed by atoms with Gasteiger partial charge in [0, 0.05) is 49.7 Å². The van der Waals surface area contributed by atoms with E-state index in [2.05, 4.69) is 289 Å². The molecular weight excluding hydrogens is 909 g/mol. The van der Waals surface area contributed by atoms with Crippen LogP contribution in [0.4, 0.5) is 17.1 Å². The SMILES string of the molecule is c1cc(-c2ccc3c(c2)oc2c4ccccc4ccc32)cc(N(c2ccc(-c3ccc(-c4ccc5c(ccc6ccccc65)c4)cc3)cc2)c2ccc(-c3cccc(-n4c5ccccc5c5ccccc54)c3)cc2)c1. The van der Waals surface area contributed by atoms with E-state index in [-0.39, 0.29) is 0 Å². The van der Waals surface area contributed by atoms with Crippen LogP contribution in [0, 0.1) is 0 Å². The number of anilines is 3. The molecule has 0 fully saturated rings. The molecule has 0 saturated heterocycles. The van der Waals surface area contributed by atoms with Crippen LogP contribution in [-0.4, -0.2) is 4.57 Å². The van der Waals surface area contributed by atoms with E-state index < -0.39 is 0 Å². The number of fused-ring (bicyclic) bond motifs is 11. The van der Waals surface area contributed by atoms with Crippen LogP contribution in [0.5, 0.6) is 0 Å². The zero-order chi connectivity index (χ0) is 49.4. The van der Waals surface area contributed by atoms with E-state index in [9.17, 15) is 0 Å². The van der Waals surface area contributed by atoms with Crippen molar-refractivity contribution in [1.82, 2.24) is 4.57 Å². The second-order valence-electron chi connectivity index (χ2n) is 19.7. The van der Waals surface area contributed by atoms with Crippen molar-refractivity contribution >= 4 is 93.1 Å². The maximum Gasteiger partial charge on any atom is 0.143 e. The summed E-state index contributed by atoms with van der Waals surface area (Å²) in [5, 5.41) is 12.2. The van der Waals surface area contributed by atoms with Crippen molar-refractivity contribution in [3.8, 4) is 50.2 Å².